The second kappa shape index (κ2) is 5.60. The Labute approximate surface area is 133 Å². The predicted octanol–water partition coefficient (Wildman–Crippen LogP) is 3.45. The summed E-state index contributed by atoms with van der Waals surface area (Å²) in [6, 6.07) is 14.2. The Kier molecular flexibility index (Phi) is 3.65. The molecule has 21 heavy (non-hydrogen) atoms. The first-order valence-electron chi connectivity index (χ1n) is 6.06. The van der Waals surface area contributed by atoms with Gasteiger partial charge in [0, 0.05) is 21.3 Å². The lowest BCUT2D eigenvalue weighted by atomic mass is 10.2. The Hall–Kier alpha value is -2.29. The fraction of sp³-hybridized carbons (Fsp3) is 0. The van der Waals surface area contributed by atoms with Crippen LogP contribution in [-0.2, 0) is 0 Å². The first-order chi connectivity index (χ1) is 10.1. The molecule has 0 atom stereocenters. The lowest BCUT2D eigenvalue weighted by Gasteiger charge is -1.99. The van der Waals surface area contributed by atoms with Crippen molar-refractivity contribution in [1.29, 1.82) is 0 Å². The first-order valence-corrected chi connectivity index (χ1v) is 7.14. The maximum Gasteiger partial charge on any atom is 0.271 e. The molecule has 0 aliphatic heterocycles. The van der Waals surface area contributed by atoms with Crippen LogP contribution in [-0.4, -0.2) is 19.9 Å². The molecule has 104 valence electrons. The van der Waals surface area contributed by atoms with Crippen molar-refractivity contribution in [2.24, 2.45) is 0 Å². The molecular formula is C14H9IN4O2. The fourth-order valence-electron chi connectivity index (χ4n) is 1.92. The topological polar surface area (TPSA) is 73.8 Å². The van der Waals surface area contributed by atoms with Gasteiger partial charge in [-0.1, -0.05) is 23.4 Å². The molecule has 0 spiro atoms. The molecule has 0 bridgehead atoms. The van der Waals surface area contributed by atoms with Gasteiger partial charge in [0.05, 0.1) is 16.8 Å². The molecule has 0 fully saturated rings. The van der Waals surface area contributed by atoms with Crippen LogP contribution in [0.1, 0.15) is 0 Å². The maximum atomic E-state index is 10.8. The molecule has 0 amide bonds. The zero-order valence-electron chi connectivity index (χ0n) is 10.7. The van der Waals surface area contributed by atoms with Gasteiger partial charge in [-0.25, -0.2) is 4.68 Å². The van der Waals surface area contributed by atoms with Crippen molar-refractivity contribution in [2.75, 3.05) is 0 Å². The molecule has 2 aromatic carbocycles. The number of nitro groups is 1. The molecule has 3 aromatic rings. The van der Waals surface area contributed by atoms with E-state index in [9.17, 15) is 10.1 Å². The van der Waals surface area contributed by atoms with E-state index in [1.165, 1.54) is 16.8 Å². The van der Waals surface area contributed by atoms with Crippen LogP contribution in [0.5, 0.6) is 0 Å². The lowest BCUT2D eigenvalue weighted by Crippen LogP contribution is -1.96. The zero-order chi connectivity index (χ0) is 14.8. The molecule has 1 aromatic heterocycles. The van der Waals surface area contributed by atoms with Crippen LogP contribution in [0.2, 0.25) is 0 Å². The first kappa shape index (κ1) is 13.7. The van der Waals surface area contributed by atoms with E-state index in [4.69, 9.17) is 0 Å². The number of halogens is 1. The highest BCUT2D eigenvalue weighted by Crippen LogP contribution is 2.21. The SMILES string of the molecule is O=[N+]([O-])c1cccc(-n2cc(-c3cccc(I)c3)nn2)c1. The van der Waals surface area contributed by atoms with E-state index in [2.05, 4.69) is 32.9 Å². The van der Waals surface area contributed by atoms with Crippen molar-refractivity contribution in [1.82, 2.24) is 15.0 Å². The minimum Gasteiger partial charge on any atom is -0.258 e. The third kappa shape index (κ3) is 2.92. The van der Waals surface area contributed by atoms with Gasteiger partial charge in [-0.2, -0.15) is 0 Å². The highest BCUT2D eigenvalue weighted by Gasteiger charge is 2.09. The van der Waals surface area contributed by atoms with E-state index >= 15 is 0 Å². The Bertz CT molecular complexity index is 816. The summed E-state index contributed by atoms with van der Waals surface area (Å²) < 4.78 is 2.64. The van der Waals surface area contributed by atoms with Crippen molar-refractivity contribution >= 4 is 28.3 Å². The zero-order valence-corrected chi connectivity index (χ0v) is 12.8. The number of benzene rings is 2. The number of hydrogen-bond donors (Lipinski definition) is 0. The molecule has 7 heteroatoms. The number of rotatable bonds is 3. The summed E-state index contributed by atoms with van der Waals surface area (Å²) in [5.41, 5.74) is 2.31. The fourth-order valence-corrected chi connectivity index (χ4v) is 2.46. The molecule has 0 unspecified atom stereocenters. The summed E-state index contributed by atoms with van der Waals surface area (Å²) in [6.45, 7) is 0. The summed E-state index contributed by atoms with van der Waals surface area (Å²) in [6.07, 6.45) is 1.75. The molecular weight excluding hydrogens is 383 g/mol. The quantitative estimate of drug-likeness (QED) is 0.389. The maximum absolute atomic E-state index is 10.8. The predicted molar refractivity (Wildman–Crippen MR) is 86.2 cm³/mol. The molecule has 0 saturated carbocycles. The number of non-ortho nitro benzene ring substituents is 1. The van der Waals surface area contributed by atoms with Gasteiger partial charge in [0.25, 0.3) is 5.69 Å². The van der Waals surface area contributed by atoms with Crippen molar-refractivity contribution in [2.45, 2.75) is 0 Å². The molecule has 0 N–H and O–H groups in total. The van der Waals surface area contributed by atoms with Crippen LogP contribution >= 0.6 is 22.6 Å². The number of aromatic nitrogens is 3. The second-order valence-corrected chi connectivity index (χ2v) is 5.58. The van der Waals surface area contributed by atoms with Crippen molar-refractivity contribution < 1.29 is 4.92 Å². The Morgan fingerprint density at radius 2 is 1.95 bits per heavy atom. The number of nitrogens with zero attached hydrogens (tertiary/aromatic N) is 4. The van der Waals surface area contributed by atoms with Crippen LogP contribution in [0.4, 0.5) is 5.69 Å². The van der Waals surface area contributed by atoms with E-state index < -0.39 is 4.92 Å². The minimum atomic E-state index is -0.430. The van der Waals surface area contributed by atoms with Crippen LogP contribution in [0, 0.1) is 13.7 Å². The lowest BCUT2D eigenvalue weighted by molar-refractivity contribution is -0.384. The van der Waals surface area contributed by atoms with Gasteiger partial charge >= 0.3 is 0 Å². The smallest absolute Gasteiger partial charge is 0.258 e. The standard InChI is InChI=1S/C14H9IN4O2/c15-11-4-1-3-10(7-11)14-9-18(17-16-14)12-5-2-6-13(8-12)19(20)21/h1-9H. The van der Waals surface area contributed by atoms with E-state index in [1.54, 1.807) is 18.3 Å². The molecule has 0 aliphatic carbocycles. The van der Waals surface area contributed by atoms with Gasteiger partial charge < -0.3 is 0 Å². The molecule has 1 heterocycles. The molecule has 6 nitrogen and oxygen atoms in total. The highest BCUT2D eigenvalue weighted by atomic mass is 127. The van der Waals surface area contributed by atoms with Gasteiger partial charge in [0.2, 0.25) is 0 Å². The summed E-state index contributed by atoms with van der Waals surface area (Å²) in [7, 11) is 0. The van der Waals surface area contributed by atoms with Gasteiger partial charge in [0.15, 0.2) is 0 Å². The van der Waals surface area contributed by atoms with Crippen LogP contribution in [0.25, 0.3) is 16.9 Å². The average Bonchev–Trinajstić information content (AvgIpc) is 2.97. The Morgan fingerprint density at radius 1 is 1.14 bits per heavy atom. The van der Waals surface area contributed by atoms with Gasteiger partial charge in [-0.05, 0) is 40.8 Å². The van der Waals surface area contributed by atoms with Gasteiger partial charge in [0.1, 0.15) is 5.69 Å². The third-order valence-corrected chi connectivity index (χ3v) is 3.59. The number of nitro benzene ring substituents is 1. The summed E-state index contributed by atoms with van der Waals surface area (Å²) >= 11 is 2.23. The third-order valence-electron chi connectivity index (χ3n) is 2.92. The van der Waals surface area contributed by atoms with Gasteiger partial charge in [-0.3, -0.25) is 10.1 Å². The van der Waals surface area contributed by atoms with E-state index in [0.717, 1.165) is 14.8 Å². The summed E-state index contributed by atoms with van der Waals surface area (Å²) in [5, 5.41) is 19.0. The normalized spacial score (nSPS) is 10.5. The van der Waals surface area contributed by atoms with E-state index in [0.29, 0.717) is 5.69 Å². The monoisotopic (exact) mass is 392 g/mol. The van der Waals surface area contributed by atoms with Crippen molar-refractivity contribution in [3.05, 3.63) is 68.4 Å². The van der Waals surface area contributed by atoms with E-state index in [1.807, 2.05) is 24.3 Å². The summed E-state index contributed by atoms with van der Waals surface area (Å²) in [5.74, 6) is 0. The summed E-state index contributed by atoms with van der Waals surface area (Å²) in [4.78, 5) is 10.4. The van der Waals surface area contributed by atoms with Crippen LogP contribution < -0.4 is 0 Å². The molecule has 3 rings (SSSR count). The second-order valence-electron chi connectivity index (χ2n) is 4.34. The minimum absolute atomic E-state index is 0.0267. The van der Waals surface area contributed by atoms with Crippen LogP contribution in [0.15, 0.2) is 54.7 Å². The number of hydrogen-bond acceptors (Lipinski definition) is 4. The molecule has 0 aliphatic rings. The van der Waals surface area contributed by atoms with Crippen LogP contribution in [0.3, 0.4) is 0 Å². The van der Waals surface area contributed by atoms with Crippen molar-refractivity contribution in [3.8, 4) is 16.9 Å². The van der Waals surface area contributed by atoms with Crippen molar-refractivity contribution in [3.63, 3.8) is 0 Å². The average molecular weight is 392 g/mol. The van der Waals surface area contributed by atoms with E-state index in [-0.39, 0.29) is 5.69 Å². The Morgan fingerprint density at radius 3 is 2.71 bits per heavy atom. The Balaban J connectivity index is 1.98. The van der Waals surface area contributed by atoms with Gasteiger partial charge in [-0.15, -0.1) is 5.10 Å². The highest BCUT2D eigenvalue weighted by molar-refractivity contribution is 14.1. The molecule has 0 saturated heterocycles. The molecule has 0 radical (unpaired) electrons. The largest absolute Gasteiger partial charge is 0.271 e.